The number of hydrogen-bond acceptors (Lipinski definition) is 6. The molecule has 0 aliphatic carbocycles. The van der Waals surface area contributed by atoms with Crippen molar-refractivity contribution in [2.24, 2.45) is 0 Å². The fraction of sp³-hybridized carbons (Fsp3) is 0.250. The SMILES string of the molecule is CN(CCOc1ccc(Br)cc1)C(=O)Cn1nnn(-c2cccs2)c1=O. The van der Waals surface area contributed by atoms with Crippen LogP contribution in [0.1, 0.15) is 0 Å². The van der Waals surface area contributed by atoms with Crippen molar-refractivity contribution in [1.29, 1.82) is 0 Å². The average molecular weight is 438 g/mol. The van der Waals surface area contributed by atoms with E-state index in [1.54, 1.807) is 13.1 Å². The minimum Gasteiger partial charge on any atom is -0.492 e. The van der Waals surface area contributed by atoms with Crippen molar-refractivity contribution < 1.29 is 9.53 Å². The van der Waals surface area contributed by atoms with Crippen LogP contribution in [0.15, 0.2) is 51.0 Å². The normalized spacial score (nSPS) is 10.7. The third kappa shape index (κ3) is 4.38. The van der Waals surface area contributed by atoms with Gasteiger partial charge in [-0.2, -0.15) is 9.36 Å². The number of carbonyl (C=O) groups is 1. The molecule has 1 aromatic carbocycles. The van der Waals surface area contributed by atoms with E-state index >= 15 is 0 Å². The molecule has 136 valence electrons. The Kier molecular flexibility index (Phi) is 5.84. The van der Waals surface area contributed by atoms with Gasteiger partial charge in [0.05, 0.1) is 6.54 Å². The van der Waals surface area contributed by atoms with E-state index in [0.717, 1.165) is 14.9 Å². The van der Waals surface area contributed by atoms with Crippen LogP contribution in [-0.2, 0) is 11.3 Å². The third-order valence-corrected chi connectivity index (χ3v) is 4.95. The van der Waals surface area contributed by atoms with Crippen LogP contribution in [0, 0.1) is 0 Å². The summed E-state index contributed by atoms with van der Waals surface area (Å²) < 4.78 is 8.79. The molecule has 26 heavy (non-hydrogen) atoms. The Balaban J connectivity index is 1.53. The number of tetrazole rings is 1. The standard InChI is InChI=1S/C16H16BrN5O3S/c1-20(8-9-25-13-6-4-12(17)5-7-13)14(23)11-21-16(24)22(19-18-21)15-3-2-10-26-15/h2-7,10H,8-9,11H2,1H3. The molecule has 8 nitrogen and oxygen atoms in total. The molecule has 0 unspecified atom stereocenters. The first-order valence-electron chi connectivity index (χ1n) is 7.73. The minimum atomic E-state index is -0.444. The maximum atomic E-state index is 12.3. The number of amides is 1. The van der Waals surface area contributed by atoms with E-state index in [2.05, 4.69) is 26.4 Å². The third-order valence-electron chi connectivity index (χ3n) is 3.57. The number of likely N-dealkylation sites (N-methyl/N-ethyl adjacent to an activating group) is 1. The van der Waals surface area contributed by atoms with E-state index in [1.165, 1.54) is 20.9 Å². The van der Waals surface area contributed by atoms with Crippen molar-refractivity contribution >= 4 is 33.2 Å². The van der Waals surface area contributed by atoms with Gasteiger partial charge in [0.15, 0.2) is 0 Å². The summed E-state index contributed by atoms with van der Waals surface area (Å²) in [4.78, 5) is 26.0. The fourth-order valence-electron chi connectivity index (χ4n) is 2.11. The molecule has 3 rings (SSSR count). The predicted octanol–water partition coefficient (Wildman–Crippen LogP) is 1.79. The van der Waals surface area contributed by atoms with E-state index < -0.39 is 5.69 Å². The molecule has 0 saturated carbocycles. The molecule has 0 fully saturated rings. The van der Waals surface area contributed by atoms with Gasteiger partial charge in [-0.25, -0.2) is 4.79 Å². The molecule has 0 bridgehead atoms. The summed E-state index contributed by atoms with van der Waals surface area (Å²) >= 11 is 4.73. The Morgan fingerprint density at radius 3 is 2.73 bits per heavy atom. The lowest BCUT2D eigenvalue weighted by Crippen LogP contribution is -2.36. The lowest BCUT2D eigenvalue weighted by molar-refractivity contribution is -0.131. The summed E-state index contributed by atoms with van der Waals surface area (Å²) in [6, 6.07) is 11.0. The second kappa shape index (κ2) is 8.28. The van der Waals surface area contributed by atoms with Crippen LogP contribution >= 0.6 is 27.3 Å². The molecule has 3 aromatic rings. The number of rotatable bonds is 7. The lowest BCUT2D eigenvalue weighted by Gasteiger charge is -2.17. The number of thiophene rings is 1. The minimum absolute atomic E-state index is 0.168. The summed E-state index contributed by atoms with van der Waals surface area (Å²) in [6.45, 7) is 0.572. The largest absolute Gasteiger partial charge is 0.492 e. The topological polar surface area (TPSA) is 82.2 Å². The molecule has 0 atom stereocenters. The molecule has 0 N–H and O–H groups in total. The van der Waals surface area contributed by atoms with E-state index in [1.807, 2.05) is 35.7 Å². The molecule has 0 aliphatic heterocycles. The van der Waals surface area contributed by atoms with Crippen molar-refractivity contribution in [3.63, 3.8) is 0 Å². The molecule has 0 aliphatic rings. The quantitative estimate of drug-likeness (QED) is 0.562. The number of carbonyl (C=O) groups excluding carboxylic acids is 1. The molecule has 2 heterocycles. The number of ether oxygens (including phenoxy) is 1. The zero-order valence-electron chi connectivity index (χ0n) is 13.9. The van der Waals surface area contributed by atoms with Gasteiger partial charge < -0.3 is 9.64 Å². The average Bonchev–Trinajstić information content (AvgIpc) is 3.27. The monoisotopic (exact) mass is 437 g/mol. The number of nitrogens with zero attached hydrogens (tertiary/aromatic N) is 5. The maximum absolute atomic E-state index is 12.3. The molecule has 0 radical (unpaired) electrons. The van der Waals surface area contributed by atoms with Crippen molar-refractivity contribution in [2.75, 3.05) is 20.2 Å². The zero-order chi connectivity index (χ0) is 18.5. The number of aromatic nitrogens is 4. The molecule has 2 aromatic heterocycles. The number of halogens is 1. The first-order chi connectivity index (χ1) is 12.5. The molecule has 1 amide bonds. The van der Waals surface area contributed by atoms with E-state index in [4.69, 9.17) is 4.74 Å². The first-order valence-corrected chi connectivity index (χ1v) is 9.41. The van der Waals surface area contributed by atoms with Gasteiger partial charge >= 0.3 is 5.69 Å². The zero-order valence-corrected chi connectivity index (χ0v) is 16.3. The Morgan fingerprint density at radius 1 is 1.27 bits per heavy atom. The highest BCUT2D eigenvalue weighted by Crippen LogP contribution is 2.16. The van der Waals surface area contributed by atoms with Gasteiger partial charge in [0.25, 0.3) is 0 Å². The van der Waals surface area contributed by atoms with E-state index in [-0.39, 0.29) is 12.5 Å². The van der Waals surface area contributed by atoms with Gasteiger partial charge in [0.2, 0.25) is 5.91 Å². The lowest BCUT2D eigenvalue weighted by atomic mass is 10.3. The summed E-state index contributed by atoms with van der Waals surface area (Å²) in [5, 5.41) is 10.1. The van der Waals surface area contributed by atoms with E-state index in [0.29, 0.717) is 18.2 Å². The van der Waals surface area contributed by atoms with Gasteiger partial charge in [-0.15, -0.1) is 11.3 Å². The predicted molar refractivity (Wildman–Crippen MR) is 101 cm³/mol. The summed E-state index contributed by atoms with van der Waals surface area (Å²) in [5.74, 6) is 0.480. The fourth-order valence-corrected chi connectivity index (χ4v) is 3.04. The molecular weight excluding hydrogens is 422 g/mol. The van der Waals surface area contributed by atoms with Crippen LogP contribution in [-0.4, -0.2) is 50.8 Å². The molecule has 0 spiro atoms. The van der Waals surface area contributed by atoms with Gasteiger partial charge in [-0.05, 0) is 52.2 Å². The van der Waals surface area contributed by atoms with Gasteiger partial charge in [0, 0.05) is 11.5 Å². The second-order valence-corrected chi connectivity index (χ2v) is 7.24. The summed E-state index contributed by atoms with van der Waals surface area (Å²) in [7, 11) is 1.65. The second-order valence-electron chi connectivity index (χ2n) is 5.40. The molecule has 10 heteroatoms. The number of benzene rings is 1. The Labute approximate surface area is 161 Å². The van der Waals surface area contributed by atoms with Crippen LogP contribution in [0.5, 0.6) is 5.75 Å². The maximum Gasteiger partial charge on any atom is 0.369 e. The van der Waals surface area contributed by atoms with Crippen LogP contribution in [0.2, 0.25) is 0 Å². The van der Waals surface area contributed by atoms with Crippen molar-refractivity contribution in [2.45, 2.75) is 6.54 Å². The Morgan fingerprint density at radius 2 is 2.04 bits per heavy atom. The Bertz CT molecular complexity index is 920. The van der Waals surface area contributed by atoms with Crippen LogP contribution in [0.4, 0.5) is 0 Å². The van der Waals surface area contributed by atoms with Gasteiger partial charge in [0.1, 0.15) is 23.9 Å². The Hall–Kier alpha value is -2.46. The van der Waals surface area contributed by atoms with Crippen molar-refractivity contribution in [1.82, 2.24) is 24.7 Å². The first kappa shape index (κ1) is 18.3. The van der Waals surface area contributed by atoms with Crippen molar-refractivity contribution in [3.8, 4) is 10.8 Å². The van der Waals surface area contributed by atoms with Crippen LogP contribution < -0.4 is 10.4 Å². The summed E-state index contributed by atoms with van der Waals surface area (Å²) in [6.07, 6.45) is 0. The highest BCUT2D eigenvalue weighted by molar-refractivity contribution is 9.10. The van der Waals surface area contributed by atoms with E-state index in [9.17, 15) is 9.59 Å². The van der Waals surface area contributed by atoms with Crippen molar-refractivity contribution in [3.05, 3.63) is 56.7 Å². The van der Waals surface area contributed by atoms with Crippen LogP contribution in [0.25, 0.3) is 5.00 Å². The van der Waals surface area contributed by atoms with Gasteiger partial charge in [-0.3, -0.25) is 4.79 Å². The smallest absolute Gasteiger partial charge is 0.369 e. The van der Waals surface area contributed by atoms with Gasteiger partial charge in [-0.1, -0.05) is 15.9 Å². The number of hydrogen-bond donors (Lipinski definition) is 0. The molecular formula is C16H16BrN5O3S. The summed E-state index contributed by atoms with van der Waals surface area (Å²) in [5.41, 5.74) is -0.444. The highest BCUT2D eigenvalue weighted by atomic mass is 79.9. The van der Waals surface area contributed by atoms with Crippen LogP contribution in [0.3, 0.4) is 0 Å². The highest BCUT2D eigenvalue weighted by Gasteiger charge is 2.15. The molecule has 0 saturated heterocycles.